The van der Waals surface area contributed by atoms with Crippen LogP contribution in [0.1, 0.15) is 43.1 Å². The Hall–Kier alpha value is -3.94. The molecule has 0 bridgehead atoms. The number of hydrogen-bond donors (Lipinski definition) is 5. The molecule has 2 rings (SSSR count). The van der Waals surface area contributed by atoms with E-state index in [2.05, 4.69) is 41.5 Å². The van der Waals surface area contributed by atoms with Gasteiger partial charge in [-0.15, -0.1) is 0 Å². The van der Waals surface area contributed by atoms with E-state index >= 15 is 0 Å². The molecular formula is C20H27N9O2. The Bertz CT molecular complexity index is 939. The highest BCUT2D eigenvalue weighted by molar-refractivity contribution is 5.99. The highest BCUT2D eigenvalue weighted by atomic mass is 16.2. The molecule has 5 N–H and O–H groups in total. The SMILES string of the molecule is CNC(=O)NC(C)CCNC(=O)c1cnc(Nc2ncc(C#N)cn2)cc1NC(C)C. The Labute approximate surface area is 181 Å². The monoisotopic (exact) mass is 425 g/mol. The van der Waals surface area contributed by atoms with E-state index in [4.69, 9.17) is 5.26 Å². The van der Waals surface area contributed by atoms with Crippen LogP contribution in [-0.4, -0.2) is 52.6 Å². The molecule has 0 aliphatic heterocycles. The third kappa shape index (κ3) is 7.43. The van der Waals surface area contributed by atoms with Gasteiger partial charge in [-0.1, -0.05) is 0 Å². The van der Waals surface area contributed by atoms with Gasteiger partial charge in [-0.25, -0.2) is 19.7 Å². The molecule has 1 unspecified atom stereocenters. The molecule has 2 aromatic heterocycles. The van der Waals surface area contributed by atoms with Gasteiger partial charge in [0.15, 0.2) is 0 Å². The Morgan fingerprint density at radius 3 is 2.45 bits per heavy atom. The van der Waals surface area contributed by atoms with Crippen molar-refractivity contribution in [2.75, 3.05) is 24.2 Å². The minimum absolute atomic E-state index is 0.0877. The van der Waals surface area contributed by atoms with Crippen LogP contribution in [0, 0.1) is 11.3 Å². The van der Waals surface area contributed by atoms with Gasteiger partial charge in [-0.05, 0) is 27.2 Å². The Morgan fingerprint density at radius 2 is 1.84 bits per heavy atom. The van der Waals surface area contributed by atoms with Crippen molar-refractivity contribution in [1.29, 1.82) is 5.26 Å². The molecule has 0 saturated heterocycles. The number of nitrogens with zero attached hydrogens (tertiary/aromatic N) is 4. The Morgan fingerprint density at radius 1 is 1.13 bits per heavy atom. The quantitative estimate of drug-likeness (QED) is 0.407. The van der Waals surface area contributed by atoms with Gasteiger partial charge in [0.25, 0.3) is 5.91 Å². The average Bonchev–Trinajstić information content (AvgIpc) is 2.73. The van der Waals surface area contributed by atoms with Crippen molar-refractivity contribution in [2.24, 2.45) is 0 Å². The minimum atomic E-state index is -0.274. The van der Waals surface area contributed by atoms with Gasteiger partial charge >= 0.3 is 6.03 Å². The van der Waals surface area contributed by atoms with E-state index in [0.29, 0.717) is 35.6 Å². The molecule has 11 nitrogen and oxygen atoms in total. The van der Waals surface area contributed by atoms with Crippen molar-refractivity contribution in [1.82, 2.24) is 30.9 Å². The van der Waals surface area contributed by atoms with Crippen LogP contribution in [0.25, 0.3) is 0 Å². The summed E-state index contributed by atoms with van der Waals surface area (Å²) < 4.78 is 0. The molecule has 0 aliphatic carbocycles. The van der Waals surface area contributed by atoms with Crippen LogP contribution >= 0.6 is 0 Å². The summed E-state index contributed by atoms with van der Waals surface area (Å²) in [4.78, 5) is 36.4. The predicted octanol–water partition coefficient (Wildman–Crippen LogP) is 1.74. The number of nitriles is 1. The number of aromatic nitrogens is 3. The van der Waals surface area contributed by atoms with Crippen molar-refractivity contribution < 1.29 is 9.59 Å². The first-order valence-electron chi connectivity index (χ1n) is 9.84. The van der Waals surface area contributed by atoms with E-state index in [0.717, 1.165) is 0 Å². The highest BCUT2D eigenvalue weighted by Crippen LogP contribution is 2.21. The molecule has 0 spiro atoms. The van der Waals surface area contributed by atoms with Gasteiger partial charge in [0.05, 0.1) is 29.2 Å². The third-order valence-corrected chi connectivity index (χ3v) is 4.08. The molecule has 31 heavy (non-hydrogen) atoms. The lowest BCUT2D eigenvalue weighted by atomic mass is 10.2. The molecule has 11 heteroatoms. The van der Waals surface area contributed by atoms with Gasteiger partial charge in [-0.3, -0.25) is 4.79 Å². The zero-order valence-electron chi connectivity index (χ0n) is 18.0. The van der Waals surface area contributed by atoms with E-state index in [1.165, 1.54) is 18.6 Å². The second kappa shape index (κ2) is 11.3. The van der Waals surface area contributed by atoms with Crippen LogP contribution in [-0.2, 0) is 0 Å². The summed E-state index contributed by atoms with van der Waals surface area (Å²) >= 11 is 0. The molecule has 2 aromatic rings. The average molecular weight is 425 g/mol. The number of amides is 3. The number of carbonyl (C=O) groups is 2. The molecule has 1 atom stereocenters. The zero-order valence-corrected chi connectivity index (χ0v) is 18.0. The molecule has 3 amide bonds. The summed E-state index contributed by atoms with van der Waals surface area (Å²) in [6.45, 7) is 6.18. The summed E-state index contributed by atoms with van der Waals surface area (Å²) in [6.07, 6.45) is 4.86. The highest BCUT2D eigenvalue weighted by Gasteiger charge is 2.15. The van der Waals surface area contributed by atoms with E-state index in [1.807, 2.05) is 26.8 Å². The van der Waals surface area contributed by atoms with E-state index < -0.39 is 0 Å². The third-order valence-electron chi connectivity index (χ3n) is 4.08. The summed E-state index contributed by atoms with van der Waals surface area (Å²) in [6, 6.07) is 3.39. The van der Waals surface area contributed by atoms with Crippen LogP contribution in [0.2, 0.25) is 0 Å². The van der Waals surface area contributed by atoms with Crippen LogP contribution in [0.4, 0.5) is 22.2 Å². The fourth-order valence-electron chi connectivity index (χ4n) is 2.57. The van der Waals surface area contributed by atoms with Crippen LogP contribution in [0.5, 0.6) is 0 Å². The standard InChI is InChI=1S/C20H27N9O2/c1-12(2)27-16-7-17(29-19-25-9-14(8-21)10-26-19)24-11-15(16)18(30)23-6-5-13(3)28-20(31)22-4/h7,9-13H,5-6H2,1-4H3,(H,23,30)(H2,22,28,31)(H2,24,25,26,27,29). The molecule has 164 valence electrons. The normalized spacial score (nSPS) is 11.2. The first-order valence-corrected chi connectivity index (χ1v) is 9.84. The minimum Gasteiger partial charge on any atom is -0.382 e. The van der Waals surface area contributed by atoms with Crippen molar-refractivity contribution in [3.05, 3.63) is 35.8 Å². The maximum Gasteiger partial charge on any atom is 0.314 e. The lowest BCUT2D eigenvalue weighted by Gasteiger charge is -2.17. The van der Waals surface area contributed by atoms with Crippen LogP contribution in [0.3, 0.4) is 0 Å². The maximum atomic E-state index is 12.7. The maximum absolute atomic E-state index is 12.7. The Kier molecular flexibility index (Phi) is 8.51. The molecule has 0 fully saturated rings. The van der Waals surface area contributed by atoms with E-state index in [-0.39, 0.29) is 30.0 Å². The number of urea groups is 1. The number of pyridine rings is 1. The number of anilines is 3. The van der Waals surface area contributed by atoms with Crippen molar-refractivity contribution in [3.63, 3.8) is 0 Å². The Balaban J connectivity index is 2.06. The van der Waals surface area contributed by atoms with Crippen LogP contribution < -0.4 is 26.6 Å². The van der Waals surface area contributed by atoms with E-state index in [9.17, 15) is 9.59 Å². The fourth-order valence-corrected chi connectivity index (χ4v) is 2.57. The van der Waals surface area contributed by atoms with Crippen molar-refractivity contribution in [2.45, 2.75) is 39.3 Å². The van der Waals surface area contributed by atoms with Gasteiger partial charge < -0.3 is 26.6 Å². The number of carbonyl (C=O) groups excluding carboxylic acids is 2. The van der Waals surface area contributed by atoms with Crippen LogP contribution in [0.15, 0.2) is 24.7 Å². The summed E-state index contributed by atoms with van der Waals surface area (Å²) in [5.41, 5.74) is 1.36. The first kappa shape index (κ1) is 23.3. The molecule has 0 radical (unpaired) electrons. The molecule has 0 aliphatic rings. The number of hydrogen-bond acceptors (Lipinski definition) is 8. The zero-order chi connectivity index (χ0) is 22.8. The largest absolute Gasteiger partial charge is 0.382 e. The van der Waals surface area contributed by atoms with Gasteiger partial charge in [-0.2, -0.15) is 5.26 Å². The molecule has 0 aromatic carbocycles. The first-order chi connectivity index (χ1) is 14.8. The van der Waals surface area contributed by atoms with Crippen molar-refractivity contribution in [3.8, 4) is 6.07 Å². The smallest absolute Gasteiger partial charge is 0.314 e. The second-order valence-electron chi connectivity index (χ2n) is 7.12. The van der Waals surface area contributed by atoms with Gasteiger partial charge in [0.1, 0.15) is 11.9 Å². The number of nitrogens with one attached hydrogen (secondary N) is 5. The molecular weight excluding hydrogens is 398 g/mol. The summed E-state index contributed by atoms with van der Waals surface area (Å²) in [5, 5.41) is 23.1. The molecule has 2 heterocycles. The second-order valence-corrected chi connectivity index (χ2v) is 7.12. The predicted molar refractivity (Wildman–Crippen MR) is 117 cm³/mol. The van der Waals surface area contributed by atoms with E-state index in [1.54, 1.807) is 13.1 Å². The molecule has 0 saturated carbocycles. The van der Waals surface area contributed by atoms with Gasteiger partial charge in [0, 0.05) is 37.9 Å². The fraction of sp³-hybridized carbons (Fsp3) is 0.400. The summed E-state index contributed by atoms with van der Waals surface area (Å²) in [5.74, 6) is 0.466. The number of rotatable bonds is 9. The summed E-state index contributed by atoms with van der Waals surface area (Å²) in [7, 11) is 1.55. The lowest BCUT2D eigenvalue weighted by Crippen LogP contribution is -2.40. The van der Waals surface area contributed by atoms with Crippen molar-refractivity contribution >= 4 is 29.4 Å². The lowest BCUT2D eigenvalue weighted by molar-refractivity contribution is 0.0953. The van der Waals surface area contributed by atoms with Gasteiger partial charge in [0.2, 0.25) is 5.95 Å². The topological polar surface area (TPSA) is 157 Å².